The predicted molar refractivity (Wildman–Crippen MR) is 107 cm³/mol. The minimum atomic E-state index is 0.0663. The maximum Gasteiger partial charge on any atom is 0.227 e. The van der Waals surface area contributed by atoms with E-state index in [0.717, 1.165) is 37.5 Å². The molecule has 0 aliphatic carbocycles. The summed E-state index contributed by atoms with van der Waals surface area (Å²) in [5, 5.41) is 1.08. The maximum atomic E-state index is 12.7. The molecule has 2 aromatic carbocycles. The number of rotatable bonds is 4. The van der Waals surface area contributed by atoms with E-state index < -0.39 is 0 Å². The van der Waals surface area contributed by atoms with Crippen LogP contribution in [0.5, 0.6) is 5.75 Å². The minimum Gasteiger partial charge on any atom is -0.497 e. The number of halogens is 2. The van der Waals surface area contributed by atoms with E-state index in [1.807, 2.05) is 17.0 Å². The number of benzene rings is 2. The second-order valence-corrected chi connectivity index (χ2v) is 7.11. The Kier molecular flexibility index (Phi) is 6.28. The van der Waals surface area contributed by atoms with Crippen molar-refractivity contribution in [1.29, 1.82) is 0 Å². The van der Waals surface area contributed by atoms with Crippen LogP contribution in [0.1, 0.15) is 12.0 Å². The molecule has 0 saturated carbocycles. The molecule has 0 radical (unpaired) electrons. The zero-order chi connectivity index (χ0) is 18.5. The van der Waals surface area contributed by atoms with Crippen molar-refractivity contribution >= 4 is 34.8 Å². The van der Waals surface area contributed by atoms with Gasteiger partial charge in [-0.15, -0.1) is 0 Å². The molecular formula is C20H22Cl2N2O2. The van der Waals surface area contributed by atoms with Gasteiger partial charge in [-0.05, 0) is 48.4 Å². The zero-order valence-electron chi connectivity index (χ0n) is 14.8. The van der Waals surface area contributed by atoms with Crippen LogP contribution >= 0.6 is 23.2 Å². The van der Waals surface area contributed by atoms with Gasteiger partial charge in [0.15, 0.2) is 0 Å². The Bertz CT molecular complexity index is 745. The molecule has 0 N–H and O–H groups in total. The van der Waals surface area contributed by atoms with Crippen LogP contribution < -0.4 is 9.64 Å². The van der Waals surface area contributed by atoms with Gasteiger partial charge in [-0.3, -0.25) is 4.79 Å². The zero-order valence-corrected chi connectivity index (χ0v) is 16.3. The van der Waals surface area contributed by atoms with Crippen LogP contribution in [0.2, 0.25) is 10.0 Å². The van der Waals surface area contributed by atoms with Crippen LogP contribution in [0.4, 0.5) is 5.69 Å². The van der Waals surface area contributed by atoms with Gasteiger partial charge in [0.25, 0.3) is 0 Å². The average molecular weight is 393 g/mol. The highest BCUT2D eigenvalue weighted by molar-refractivity contribution is 6.36. The fourth-order valence-electron chi connectivity index (χ4n) is 3.18. The van der Waals surface area contributed by atoms with Crippen molar-refractivity contribution in [2.45, 2.75) is 12.8 Å². The summed E-state index contributed by atoms with van der Waals surface area (Å²) in [5.74, 6) is 0.911. The highest BCUT2D eigenvalue weighted by atomic mass is 35.5. The Morgan fingerprint density at radius 1 is 1.00 bits per heavy atom. The molecule has 3 rings (SSSR count). The first-order valence-electron chi connectivity index (χ1n) is 8.68. The normalized spacial score (nSPS) is 14.9. The van der Waals surface area contributed by atoms with E-state index in [1.165, 1.54) is 0 Å². The molecule has 6 heteroatoms. The monoisotopic (exact) mass is 392 g/mol. The molecule has 138 valence electrons. The van der Waals surface area contributed by atoms with E-state index in [4.69, 9.17) is 27.9 Å². The summed E-state index contributed by atoms with van der Waals surface area (Å²) in [5.41, 5.74) is 1.85. The first kappa shape index (κ1) is 18.9. The number of ether oxygens (including phenoxy) is 1. The number of hydrogen-bond acceptors (Lipinski definition) is 3. The van der Waals surface area contributed by atoms with Crippen molar-refractivity contribution < 1.29 is 9.53 Å². The van der Waals surface area contributed by atoms with Crippen molar-refractivity contribution in [2.24, 2.45) is 0 Å². The number of carbonyl (C=O) groups excluding carboxylic acids is 1. The van der Waals surface area contributed by atoms with E-state index in [0.29, 0.717) is 22.2 Å². The van der Waals surface area contributed by atoms with E-state index in [-0.39, 0.29) is 12.3 Å². The molecule has 1 aliphatic rings. The summed E-state index contributed by atoms with van der Waals surface area (Å²) in [6.45, 7) is 3.15. The van der Waals surface area contributed by atoms with Crippen LogP contribution in [0.3, 0.4) is 0 Å². The third-order valence-electron chi connectivity index (χ3n) is 4.68. The number of hydrogen-bond donors (Lipinski definition) is 0. The van der Waals surface area contributed by atoms with Crippen molar-refractivity contribution in [3.63, 3.8) is 0 Å². The smallest absolute Gasteiger partial charge is 0.227 e. The summed E-state index contributed by atoms with van der Waals surface area (Å²) in [6, 6.07) is 13.4. The van der Waals surface area contributed by atoms with E-state index in [2.05, 4.69) is 17.0 Å². The topological polar surface area (TPSA) is 32.8 Å². The van der Waals surface area contributed by atoms with Crippen LogP contribution in [-0.4, -0.2) is 44.1 Å². The molecule has 0 unspecified atom stereocenters. The van der Waals surface area contributed by atoms with Gasteiger partial charge in [0.2, 0.25) is 5.91 Å². The molecule has 4 nitrogen and oxygen atoms in total. The quantitative estimate of drug-likeness (QED) is 0.777. The molecule has 1 saturated heterocycles. The lowest BCUT2D eigenvalue weighted by molar-refractivity contribution is -0.130. The Hall–Kier alpha value is -1.91. The summed E-state index contributed by atoms with van der Waals surface area (Å²) < 4.78 is 5.21. The van der Waals surface area contributed by atoms with Crippen LogP contribution in [0, 0.1) is 0 Å². The standard InChI is InChI=1S/C20H22Cl2N2O2/c1-26-16-8-6-15(7-9-16)23-10-3-11-24(13-12-23)20(25)14-17-18(21)4-2-5-19(17)22/h2,4-9H,3,10-14H2,1H3. The van der Waals surface area contributed by atoms with Crippen molar-refractivity contribution in [3.05, 3.63) is 58.1 Å². The van der Waals surface area contributed by atoms with Gasteiger partial charge in [-0.25, -0.2) is 0 Å². The first-order chi connectivity index (χ1) is 12.6. The Morgan fingerprint density at radius 2 is 1.69 bits per heavy atom. The first-order valence-corrected chi connectivity index (χ1v) is 9.44. The van der Waals surface area contributed by atoms with Gasteiger partial charge < -0.3 is 14.5 Å². The predicted octanol–water partition coefficient (Wildman–Crippen LogP) is 4.28. The fourth-order valence-corrected chi connectivity index (χ4v) is 3.71. The highest BCUT2D eigenvalue weighted by Crippen LogP contribution is 2.26. The Labute approximate surface area is 164 Å². The van der Waals surface area contributed by atoms with Crippen molar-refractivity contribution in [1.82, 2.24) is 4.90 Å². The molecular weight excluding hydrogens is 371 g/mol. The van der Waals surface area contributed by atoms with Gasteiger partial charge in [0, 0.05) is 41.9 Å². The molecule has 26 heavy (non-hydrogen) atoms. The van der Waals surface area contributed by atoms with E-state index in [9.17, 15) is 4.79 Å². The molecule has 1 aliphatic heterocycles. The number of methoxy groups -OCH3 is 1. The number of carbonyl (C=O) groups is 1. The molecule has 2 aromatic rings. The SMILES string of the molecule is COc1ccc(N2CCCN(C(=O)Cc3c(Cl)cccc3Cl)CC2)cc1. The Balaban J connectivity index is 1.63. The molecule has 0 bridgehead atoms. The van der Waals surface area contributed by atoms with Gasteiger partial charge >= 0.3 is 0 Å². The third kappa shape index (κ3) is 4.43. The molecule has 1 fully saturated rings. The van der Waals surface area contributed by atoms with Crippen LogP contribution in [0.15, 0.2) is 42.5 Å². The second kappa shape index (κ2) is 8.65. The lowest BCUT2D eigenvalue weighted by atomic mass is 10.1. The summed E-state index contributed by atoms with van der Waals surface area (Å²) in [7, 11) is 1.66. The van der Waals surface area contributed by atoms with Crippen molar-refractivity contribution in [3.8, 4) is 5.75 Å². The Morgan fingerprint density at radius 3 is 2.35 bits per heavy atom. The largest absolute Gasteiger partial charge is 0.497 e. The van der Waals surface area contributed by atoms with E-state index in [1.54, 1.807) is 25.3 Å². The lowest BCUT2D eigenvalue weighted by Crippen LogP contribution is -2.36. The lowest BCUT2D eigenvalue weighted by Gasteiger charge is -2.24. The molecule has 0 spiro atoms. The fraction of sp³-hybridized carbons (Fsp3) is 0.350. The van der Waals surface area contributed by atoms with Gasteiger partial charge in [0.05, 0.1) is 13.5 Å². The average Bonchev–Trinajstić information content (AvgIpc) is 2.91. The molecule has 1 heterocycles. The summed E-state index contributed by atoms with van der Waals surface area (Å²) in [6.07, 6.45) is 1.16. The summed E-state index contributed by atoms with van der Waals surface area (Å²) in [4.78, 5) is 16.9. The van der Waals surface area contributed by atoms with Crippen LogP contribution in [-0.2, 0) is 11.2 Å². The number of nitrogens with zero attached hydrogens (tertiary/aromatic N) is 2. The van der Waals surface area contributed by atoms with Gasteiger partial charge in [-0.1, -0.05) is 29.3 Å². The molecule has 0 atom stereocenters. The highest BCUT2D eigenvalue weighted by Gasteiger charge is 2.21. The number of anilines is 1. The maximum absolute atomic E-state index is 12.7. The number of amides is 1. The molecule has 1 amide bonds. The van der Waals surface area contributed by atoms with Crippen LogP contribution in [0.25, 0.3) is 0 Å². The second-order valence-electron chi connectivity index (χ2n) is 6.30. The molecule has 0 aromatic heterocycles. The summed E-state index contributed by atoms with van der Waals surface area (Å²) >= 11 is 12.4. The minimum absolute atomic E-state index is 0.0663. The van der Waals surface area contributed by atoms with E-state index >= 15 is 0 Å². The van der Waals surface area contributed by atoms with Crippen molar-refractivity contribution in [2.75, 3.05) is 38.2 Å². The van der Waals surface area contributed by atoms with Gasteiger partial charge in [-0.2, -0.15) is 0 Å². The van der Waals surface area contributed by atoms with Gasteiger partial charge in [0.1, 0.15) is 5.75 Å². The third-order valence-corrected chi connectivity index (χ3v) is 5.38.